The minimum atomic E-state index is -0.517. The first-order valence-corrected chi connectivity index (χ1v) is 12.0. The monoisotopic (exact) mass is 484 g/mol. The molecule has 0 aliphatic carbocycles. The molecular formula is C24H25ClN4O3S. The van der Waals surface area contributed by atoms with Crippen molar-refractivity contribution in [2.45, 2.75) is 26.3 Å². The second-order valence-corrected chi connectivity index (χ2v) is 9.25. The van der Waals surface area contributed by atoms with Gasteiger partial charge in [-0.1, -0.05) is 11.6 Å². The number of aromatic nitrogens is 2. The fourth-order valence-corrected chi connectivity index (χ4v) is 5.13. The Kier molecular flexibility index (Phi) is 6.95. The van der Waals surface area contributed by atoms with Crippen molar-refractivity contribution in [2.75, 3.05) is 24.1 Å². The molecule has 1 N–H and O–H groups in total. The van der Waals surface area contributed by atoms with Gasteiger partial charge in [0, 0.05) is 27.7 Å². The number of hydrogen-bond acceptors (Lipinski definition) is 5. The number of thioether (sulfide) groups is 1. The van der Waals surface area contributed by atoms with E-state index >= 15 is 0 Å². The fourth-order valence-electron chi connectivity index (χ4n) is 3.82. The summed E-state index contributed by atoms with van der Waals surface area (Å²) in [4.78, 5) is 27.8. The minimum Gasteiger partial charge on any atom is -0.497 e. The molecule has 4 rings (SSSR count). The standard InChI is InChI=1S/C24H25ClN4O3S/c1-15-21(16(2)29(27-15)19-8-4-17(25)5-9-19)12-23(30)28-14-33-13-22(28)24(31)26-18-6-10-20(32-3)11-7-18/h4-11,22H,12-14H2,1-3H3,(H,26,31). The topological polar surface area (TPSA) is 76.5 Å². The quantitative estimate of drug-likeness (QED) is 0.566. The lowest BCUT2D eigenvalue weighted by molar-refractivity contribution is -0.135. The summed E-state index contributed by atoms with van der Waals surface area (Å²) in [6, 6.07) is 14.0. The van der Waals surface area contributed by atoms with Crippen molar-refractivity contribution in [1.82, 2.24) is 14.7 Å². The zero-order valence-corrected chi connectivity index (χ0v) is 20.2. The highest BCUT2D eigenvalue weighted by molar-refractivity contribution is 7.99. The molecule has 7 nitrogen and oxygen atoms in total. The van der Waals surface area contributed by atoms with Crippen LogP contribution in [0.3, 0.4) is 0 Å². The third-order valence-corrected chi connectivity index (χ3v) is 6.97. The number of halogens is 1. The molecule has 172 valence electrons. The molecule has 0 spiro atoms. The normalized spacial score (nSPS) is 15.5. The molecule has 1 saturated heterocycles. The fraction of sp³-hybridized carbons (Fsp3) is 0.292. The number of carbonyl (C=O) groups excluding carboxylic acids is 2. The van der Waals surface area contributed by atoms with Crippen LogP contribution in [0.5, 0.6) is 5.75 Å². The van der Waals surface area contributed by atoms with E-state index in [4.69, 9.17) is 16.3 Å². The van der Waals surface area contributed by atoms with E-state index in [1.807, 2.05) is 42.8 Å². The highest BCUT2D eigenvalue weighted by Gasteiger charge is 2.35. The van der Waals surface area contributed by atoms with Crippen molar-refractivity contribution in [3.8, 4) is 11.4 Å². The zero-order chi connectivity index (χ0) is 23.5. The second-order valence-electron chi connectivity index (χ2n) is 7.81. The summed E-state index contributed by atoms with van der Waals surface area (Å²) in [7, 11) is 1.59. The first-order chi connectivity index (χ1) is 15.9. The maximum atomic E-state index is 13.2. The molecule has 2 aromatic carbocycles. The van der Waals surface area contributed by atoms with Crippen LogP contribution in [-0.4, -0.2) is 51.3 Å². The van der Waals surface area contributed by atoms with Crippen LogP contribution in [0.25, 0.3) is 5.69 Å². The number of nitrogens with zero attached hydrogens (tertiary/aromatic N) is 3. The molecule has 2 amide bonds. The molecule has 1 unspecified atom stereocenters. The minimum absolute atomic E-state index is 0.0864. The van der Waals surface area contributed by atoms with Crippen molar-refractivity contribution in [3.05, 3.63) is 70.5 Å². The Morgan fingerprint density at radius 3 is 2.52 bits per heavy atom. The van der Waals surface area contributed by atoms with E-state index < -0.39 is 6.04 Å². The summed E-state index contributed by atoms with van der Waals surface area (Å²) in [6.45, 7) is 3.85. The van der Waals surface area contributed by atoms with Crippen LogP contribution in [-0.2, 0) is 16.0 Å². The number of hydrogen-bond donors (Lipinski definition) is 1. The van der Waals surface area contributed by atoms with Gasteiger partial charge in [-0.25, -0.2) is 4.68 Å². The summed E-state index contributed by atoms with van der Waals surface area (Å²) in [5.74, 6) is 1.49. The van der Waals surface area contributed by atoms with E-state index in [-0.39, 0.29) is 18.2 Å². The Labute approximate surface area is 202 Å². The van der Waals surface area contributed by atoms with Crippen LogP contribution in [0.4, 0.5) is 5.69 Å². The molecule has 0 saturated carbocycles. The van der Waals surface area contributed by atoms with Crippen LogP contribution >= 0.6 is 23.4 Å². The van der Waals surface area contributed by atoms with Gasteiger partial charge in [0.1, 0.15) is 11.8 Å². The Morgan fingerprint density at radius 2 is 1.85 bits per heavy atom. The first kappa shape index (κ1) is 23.2. The van der Waals surface area contributed by atoms with E-state index in [0.29, 0.717) is 28.1 Å². The maximum absolute atomic E-state index is 13.2. The lowest BCUT2D eigenvalue weighted by Crippen LogP contribution is -2.45. The number of benzene rings is 2. The number of methoxy groups -OCH3 is 1. The lowest BCUT2D eigenvalue weighted by Gasteiger charge is -2.23. The number of anilines is 1. The third kappa shape index (κ3) is 5.02. The van der Waals surface area contributed by atoms with Gasteiger partial charge >= 0.3 is 0 Å². The summed E-state index contributed by atoms with van der Waals surface area (Å²) in [5.41, 5.74) is 4.12. The Balaban J connectivity index is 1.47. The van der Waals surface area contributed by atoms with Crippen molar-refractivity contribution in [1.29, 1.82) is 0 Å². The van der Waals surface area contributed by atoms with Crippen molar-refractivity contribution in [3.63, 3.8) is 0 Å². The average molecular weight is 485 g/mol. The summed E-state index contributed by atoms with van der Waals surface area (Å²) < 4.78 is 6.97. The molecule has 33 heavy (non-hydrogen) atoms. The number of aryl methyl sites for hydroxylation is 1. The Morgan fingerprint density at radius 1 is 1.15 bits per heavy atom. The SMILES string of the molecule is COc1ccc(NC(=O)C2CSCN2C(=O)Cc2c(C)nn(-c3ccc(Cl)cc3)c2C)cc1. The van der Waals surface area contributed by atoms with E-state index in [1.54, 1.807) is 48.0 Å². The molecule has 1 fully saturated rings. The van der Waals surface area contributed by atoms with E-state index in [9.17, 15) is 9.59 Å². The molecule has 1 aliphatic rings. The molecule has 9 heteroatoms. The number of nitrogens with one attached hydrogen (secondary N) is 1. The van der Waals surface area contributed by atoms with E-state index in [2.05, 4.69) is 10.4 Å². The van der Waals surface area contributed by atoms with Gasteiger partial charge in [-0.15, -0.1) is 11.8 Å². The molecule has 3 aromatic rings. The van der Waals surface area contributed by atoms with Crippen LogP contribution in [0.15, 0.2) is 48.5 Å². The van der Waals surface area contributed by atoms with Gasteiger partial charge < -0.3 is 15.0 Å². The predicted molar refractivity (Wildman–Crippen MR) is 131 cm³/mol. The van der Waals surface area contributed by atoms with Gasteiger partial charge in [-0.3, -0.25) is 9.59 Å². The summed E-state index contributed by atoms with van der Waals surface area (Å²) >= 11 is 7.58. The van der Waals surface area contributed by atoms with Gasteiger partial charge in [-0.05, 0) is 62.4 Å². The summed E-state index contributed by atoms with van der Waals surface area (Å²) in [5, 5.41) is 8.18. The smallest absolute Gasteiger partial charge is 0.248 e. The van der Waals surface area contributed by atoms with Crippen LogP contribution in [0.1, 0.15) is 17.0 Å². The second kappa shape index (κ2) is 9.89. The van der Waals surface area contributed by atoms with Crippen LogP contribution in [0.2, 0.25) is 5.02 Å². The maximum Gasteiger partial charge on any atom is 0.248 e. The van der Waals surface area contributed by atoms with Gasteiger partial charge in [0.05, 0.1) is 30.8 Å². The molecule has 0 radical (unpaired) electrons. The highest BCUT2D eigenvalue weighted by atomic mass is 35.5. The molecule has 2 heterocycles. The molecule has 1 aromatic heterocycles. The van der Waals surface area contributed by atoms with Gasteiger partial charge in [0.15, 0.2) is 0 Å². The van der Waals surface area contributed by atoms with E-state index in [1.165, 1.54) is 0 Å². The summed E-state index contributed by atoms with van der Waals surface area (Å²) in [6.07, 6.45) is 0.193. The van der Waals surface area contributed by atoms with Gasteiger partial charge in [-0.2, -0.15) is 5.10 Å². The number of carbonyl (C=O) groups is 2. The average Bonchev–Trinajstić information content (AvgIpc) is 3.41. The van der Waals surface area contributed by atoms with Crippen molar-refractivity contribution >= 4 is 40.9 Å². The zero-order valence-electron chi connectivity index (χ0n) is 18.7. The first-order valence-electron chi connectivity index (χ1n) is 10.5. The van der Waals surface area contributed by atoms with Gasteiger partial charge in [0.25, 0.3) is 0 Å². The highest BCUT2D eigenvalue weighted by Crippen LogP contribution is 2.26. The van der Waals surface area contributed by atoms with E-state index in [0.717, 1.165) is 22.6 Å². The number of amides is 2. The molecule has 1 atom stereocenters. The molecular weight excluding hydrogens is 460 g/mol. The van der Waals surface area contributed by atoms with Gasteiger partial charge in [0.2, 0.25) is 11.8 Å². The molecule has 1 aliphatic heterocycles. The third-order valence-electron chi connectivity index (χ3n) is 5.70. The largest absolute Gasteiger partial charge is 0.497 e. The lowest BCUT2D eigenvalue weighted by atomic mass is 10.1. The van der Waals surface area contributed by atoms with Crippen LogP contribution in [0, 0.1) is 13.8 Å². The number of ether oxygens (including phenoxy) is 1. The predicted octanol–water partition coefficient (Wildman–Crippen LogP) is 4.23. The Bertz CT molecular complexity index is 1160. The molecule has 0 bridgehead atoms. The number of rotatable bonds is 6. The van der Waals surface area contributed by atoms with Crippen molar-refractivity contribution in [2.24, 2.45) is 0 Å². The van der Waals surface area contributed by atoms with Crippen LogP contribution < -0.4 is 10.1 Å². The van der Waals surface area contributed by atoms with Crippen molar-refractivity contribution < 1.29 is 14.3 Å². The Hall–Kier alpha value is -2.97.